The third kappa shape index (κ3) is 5.23. The van der Waals surface area contributed by atoms with Crippen LogP contribution in [0.4, 0.5) is 4.79 Å². The maximum atomic E-state index is 12.2. The molecule has 4 N–H and O–H groups in total. The van der Waals surface area contributed by atoms with Gasteiger partial charge in [-0.25, -0.2) is 4.79 Å². The van der Waals surface area contributed by atoms with Gasteiger partial charge in [-0.2, -0.15) is 0 Å². The van der Waals surface area contributed by atoms with Crippen LogP contribution in [0.3, 0.4) is 0 Å². The van der Waals surface area contributed by atoms with Gasteiger partial charge in [0.2, 0.25) is 6.35 Å². The summed E-state index contributed by atoms with van der Waals surface area (Å²) in [5, 5.41) is 13.4. The van der Waals surface area contributed by atoms with Gasteiger partial charge in [-0.1, -0.05) is 11.6 Å². The Kier molecular flexibility index (Phi) is 6.50. The molecule has 0 bridgehead atoms. The van der Waals surface area contributed by atoms with Crippen LogP contribution in [-0.2, 0) is 14.2 Å². The fourth-order valence-electron chi connectivity index (χ4n) is 4.07. The number of carbonyl (C=O) groups is 1. The highest BCUT2D eigenvalue weighted by molar-refractivity contribution is 6.20. The van der Waals surface area contributed by atoms with Gasteiger partial charge < -0.3 is 35.1 Å². The number of nitrogens with zero attached hydrogens (tertiary/aromatic N) is 2. The summed E-state index contributed by atoms with van der Waals surface area (Å²) in [6.45, 7) is 10.00. The number of ether oxygens (including phenoxy) is 3. The van der Waals surface area contributed by atoms with Crippen molar-refractivity contribution in [3.05, 3.63) is 11.5 Å². The number of carbonyl (C=O) groups excluding carboxylic acids is 1. The quantitative estimate of drug-likeness (QED) is 0.364. The largest absolute Gasteiger partial charge is 0.444 e. The van der Waals surface area contributed by atoms with Crippen LogP contribution in [0.25, 0.3) is 0 Å². The molecule has 10 nitrogen and oxygen atoms in total. The van der Waals surface area contributed by atoms with Crippen molar-refractivity contribution in [2.24, 2.45) is 0 Å². The molecule has 0 aromatic carbocycles. The first-order chi connectivity index (χ1) is 14.3. The molecular formula is C19H33ClN6O4. The lowest BCUT2D eigenvalue weighted by molar-refractivity contribution is -0.0608. The Bertz CT molecular complexity index is 658. The molecular weight excluding hydrogens is 412 g/mol. The van der Waals surface area contributed by atoms with Crippen LogP contribution >= 0.6 is 11.6 Å². The zero-order valence-electron chi connectivity index (χ0n) is 17.9. The molecule has 0 radical (unpaired) electrons. The lowest BCUT2D eigenvalue weighted by atomic mass is 10.1. The van der Waals surface area contributed by atoms with E-state index in [1.807, 2.05) is 20.8 Å². The first kappa shape index (κ1) is 21.8. The van der Waals surface area contributed by atoms with Crippen molar-refractivity contribution in [1.82, 2.24) is 31.1 Å². The van der Waals surface area contributed by atoms with Gasteiger partial charge in [0.25, 0.3) is 0 Å². The summed E-state index contributed by atoms with van der Waals surface area (Å²) < 4.78 is 17.2. The van der Waals surface area contributed by atoms with Crippen molar-refractivity contribution >= 4 is 17.7 Å². The van der Waals surface area contributed by atoms with Crippen LogP contribution in [-0.4, -0.2) is 85.1 Å². The summed E-state index contributed by atoms with van der Waals surface area (Å²) in [7, 11) is 0. The normalized spacial score (nSPS) is 30.9. The Morgan fingerprint density at radius 2 is 1.80 bits per heavy atom. The molecule has 0 aliphatic carbocycles. The molecule has 0 aromatic heterocycles. The summed E-state index contributed by atoms with van der Waals surface area (Å²) >= 11 is 6.36. The standard InChI is InChI=1S/C19H33ClN6O4/c1-19(2,3)30-18(27)26-6-4-12(5-7-26)29-17-21-13-14(23-17)22-16(20)24-15(13)25-8-10-28-11-9-25/h12,15-17,21-24H,4-11H2,1-3H3. The fraction of sp³-hybridized carbons (Fsp3) is 0.842. The lowest BCUT2D eigenvalue weighted by Gasteiger charge is -2.39. The molecule has 0 saturated carbocycles. The first-order valence-corrected chi connectivity index (χ1v) is 11.1. The lowest BCUT2D eigenvalue weighted by Crippen LogP contribution is -2.60. The number of hydrogen-bond acceptors (Lipinski definition) is 9. The molecule has 3 unspecified atom stereocenters. The van der Waals surface area contributed by atoms with Gasteiger partial charge in [0, 0.05) is 26.2 Å². The van der Waals surface area contributed by atoms with E-state index in [-0.39, 0.29) is 30.3 Å². The van der Waals surface area contributed by atoms with Crippen LogP contribution in [0.15, 0.2) is 11.5 Å². The van der Waals surface area contributed by atoms with Crippen molar-refractivity contribution < 1.29 is 19.0 Å². The maximum Gasteiger partial charge on any atom is 0.410 e. The number of hydrogen-bond donors (Lipinski definition) is 4. The van der Waals surface area contributed by atoms with Crippen LogP contribution in [0, 0.1) is 0 Å². The van der Waals surface area contributed by atoms with Gasteiger partial charge in [-0.3, -0.25) is 10.2 Å². The summed E-state index contributed by atoms with van der Waals surface area (Å²) in [5.74, 6) is 0.862. The minimum Gasteiger partial charge on any atom is -0.444 e. The molecule has 11 heteroatoms. The molecule has 170 valence electrons. The van der Waals surface area contributed by atoms with Crippen molar-refractivity contribution in [3.63, 3.8) is 0 Å². The molecule has 30 heavy (non-hydrogen) atoms. The van der Waals surface area contributed by atoms with E-state index in [1.165, 1.54) is 0 Å². The molecule has 2 fully saturated rings. The van der Waals surface area contributed by atoms with Gasteiger partial charge in [0.15, 0.2) is 5.62 Å². The van der Waals surface area contributed by atoms with Gasteiger partial charge >= 0.3 is 6.09 Å². The molecule has 4 aliphatic heterocycles. The third-order valence-electron chi connectivity index (χ3n) is 5.51. The second-order valence-corrected chi connectivity index (χ2v) is 9.42. The van der Waals surface area contributed by atoms with E-state index in [2.05, 4.69) is 26.2 Å². The van der Waals surface area contributed by atoms with E-state index in [0.29, 0.717) is 26.3 Å². The summed E-state index contributed by atoms with van der Waals surface area (Å²) in [6.07, 6.45) is 0.959. The topological polar surface area (TPSA) is 99.4 Å². The third-order valence-corrected chi connectivity index (χ3v) is 5.75. The number of nitrogens with one attached hydrogen (secondary N) is 4. The summed E-state index contributed by atoms with van der Waals surface area (Å²) in [6, 6.07) is 0. The average molecular weight is 445 g/mol. The number of alkyl halides is 1. The second-order valence-electron chi connectivity index (χ2n) is 8.98. The minimum atomic E-state index is -0.481. The number of amides is 1. The maximum absolute atomic E-state index is 12.2. The van der Waals surface area contributed by atoms with Crippen LogP contribution in [0.2, 0.25) is 0 Å². The molecule has 2 saturated heterocycles. The average Bonchev–Trinajstić information content (AvgIpc) is 3.09. The smallest absolute Gasteiger partial charge is 0.410 e. The number of halogens is 1. The molecule has 4 aliphatic rings. The highest BCUT2D eigenvalue weighted by atomic mass is 35.5. The van der Waals surface area contributed by atoms with E-state index in [4.69, 9.17) is 25.8 Å². The van der Waals surface area contributed by atoms with E-state index in [9.17, 15) is 4.79 Å². The predicted octanol–water partition coefficient (Wildman–Crippen LogP) is 0.422. The summed E-state index contributed by atoms with van der Waals surface area (Å²) in [4.78, 5) is 16.3. The molecule has 3 atom stereocenters. The van der Waals surface area contributed by atoms with Gasteiger partial charge in [-0.15, -0.1) is 0 Å². The van der Waals surface area contributed by atoms with Crippen molar-refractivity contribution in [2.45, 2.75) is 63.5 Å². The van der Waals surface area contributed by atoms with Crippen LogP contribution < -0.4 is 21.3 Å². The highest BCUT2D eigenvalue weighted by Crippen LogP contribution is 2.23. The Morgan fingerprint density at radius 1 is 1.10 bits per heavy atom. The van der Waals surface area contributed by atoms with Gasteiger partial charge in [0.05, 0.1) is 25.0 Å². The molecule has 4 heterocycles. The molecule has 0 aromatic rings. The number of morpholine rings is 1. The SMILES string of the molecule is CC(C)(C)OC(=O)N1CCC(OC2NC3=C(N2)C(N2CCOCC2)NC(Cl)N3)CC1. The van der Waals surface area contributed by atoms with Crippen molar-refractivity contribution in [2.75, 3.05) is 39.4 Å². The first-order valence-electron chi connectivity index (χ1n) is 10.7. The van der Waals surface area contributed by atoms with E-state index >= 15 is 0 Å². The predicted molar refractivity (Wildman–Crippen MR) is 111 cm³/mol. The number of piperidine rings is 1. The number of rotatable bonds is 3. The second kappa shape index (κ2) is 8.96. The van der Waals surface area contributed by atoms with E-state index in [0.717, 1.165) is 37.4 Å². The zero-order valence-corrected chi connectivity index (χ0v) is 18.6. The fourth-order valence-corrected chi connectivity index (χ4v) is 4.30. The van der Waals surface area contributed by atoms with Crippen molar-refractivity contribution in [1.29, 1.82) is 0 Å². The Labute approximate surface area is 182 Å². The zero-order chi connectivity index (χ0) is 21.3. The molecule has 1 amide bonds. The Balaban J connectivity index is 1.28. The molecule has 0 spiro atoms. The van der Waals surface area contributed by atoms with E-state index in [1.54, 1.807) is 4.90 Å². The van der Waals surface area contributed by atoms with Crippen LogP contribution in [0.5, 0.6) is 0 Å². The summed E-state index contributed by atoms with van der Waals surface area (Å²) in [5.41, 5.74) is 0.150. The molecule has 4 rings (SSSR count). The number of likely N-dealkylation sites (tertiary alicyclic amines) is 1. The van der Waals surface area contributed by atoms with Crippen LogP contribution in [0.1, 0.15) is 33.6 Å². The minimum absolute atomic E-state index is 0.0252. The Hall–Kier alpha value is -1.46. The highest BCUT2D eigenvalue weighted by Gasteiger charge is 2.39. The van der Waals surface area contributed by atoms with Gasteiger partial charge in [-0.05, 0) is 33.6 Å². The monoisotopic (exact) mass is 444 g/mol. The van der Waals surface area contributed by atoms with E-state index < -0.39 is 5.60 Å². The van der Waals surface area contributed by atoms with Crippen molar-refractivity contribution in [3.8, 4) is 0 Å². The Morgan fingerprint density at radius 3 is 2.47 bits per heavy atom. The van der Waals surface area contributed by atoms with Gasteiger partial charge in [0.1, 0.15) is 17.6 Å².